The van der Waals surface area contributed by atoms with Gasteiger partial charge in [0.2, 0.25) is 0 Å². The van der Waals surface area contributed by atoms with Crippen molar-refractivity contribution in [2.24, 2.45) is 0 Å². The maximum absolute atomic E-state index is 13.2. The van der Waals surface area contributed by atoms with E-state index in [1.807, 2.05) is 13.1 Å². The van der Waals surface area contributed by atoms with Gasteiger partial charge in [-0.25, -0.2) is 4.39 Å². The molecule has 0 amide bonds. The Hall–Kier alpha value is -2.05. The molecular weight excluding hydrogens is 301 g/mol. The van der Waals surface area contributed by atoms with Crippen LogP contribution in [0.3, 0.4) is 0 Å². The lowest BCUT2D eigenvalue weighted by molar-refractivity contribution is 0.309. The largest absolute Gasteiger partial charge is 0.496 e. The number of methoxy groups -OCH3 is 1. The molecule has 0 fully saturated rings. The van der Waals surface area contributed by atoms with E-state index in [1.54, 1.807) is 13.2 Å². The first-order valence-electron chi connectivity index (χ1n) is 6.88. The standard InChI is InChI=1S/C16H16FN3OS/c1-20(10-12-4-5-13(17)8-16(12)21-2)9-11-3-6-14-15(7-11)19-22-18-14/h3-8H,9-10H2,1-2H3. The van der Waals surface area contributed by atoms with Crippen molar-refractivity contribution in [3.63, 3.8) is 0 Å². The van der Waals surface area contributed by atoms with Crippen molar-refractivity contribution in [2.45, 2.75) is 13.1 Å². The lowest BCUT2D eigenvalue weighted by atomic mass is 10.1. The smallest absolute Gasteiger partial charge is 0.126 e. The van der Waals surface area contributed by atoms with Gasteiger partial charge >= 0.3 is 0 Å². The number of halogens is 1. The van der Waals surface area contributed by atoms with E-state index < -0.39 is 0 Å². The second kappa shape index (κ2) is 6.37. The third-order valence-corrected chi connectivity index (χ3v) is 4.02. The summed E-state index contributed by atoms with van der Waals surface area (Å²) < 4.78 is 26.9. The molecule has 22 heavy (non-hydrogen) atoms. The fourth-order valence-electron chi connectivity index (χ4n) is 2.43. The van der Waals surface area contributed by atoms with Crippen LogP contribution in [0.5, 0.6) is 5.75 Å². The SMILES string of the molecule is COc1cc(F)ccc1CN(C)Cc1ccc2nsnc2c1. The van der Waals surface area contributed by atoms with Crippen LogP contribution < -0.4 is 4.74 Å². The molecule has 0 unspecified atom stereocenters. The molecule has 0 bridgehead atoms. The van der Waals surface area contributed by atoms with E-state index >= 15 is 0 Å². The molecule has 0 N–H and O–H groups in total. The summed E-state index contributed by atoms with van der Waals surface area (Å²) in [5, 5.41) is 0. The second-order valence-electron chi connectivity index (χ2n) is 5.22. The lowest BCUT2D eigenvalue weighted by Crippen LogP contribution is -2.17. The molecule has 0 aliphatic rings. The maximum atomic E-state index is 13.2. The van der Waals surface area contributed by atoms with Crippen molar-refractivity contribution in [2.75, 3.05) is 14.2 Å². The van der Waals surface area contributed by atoms with Gasteiger partial charge in [-0.3, -0.25) is 4.90 Å². The number of hydrogen-bond donors (Lipinski definition) is 0. The Morgan fingerprint density at radius 1 is 1.09 bits per heavy atom. The topological polar surface area (TPSA) is 38.2 Å². The molecule has 4 nitrogen and oxygen atoms in total. The predicted octanol–water partition coefficient (Wildman–Crippen LogP) is 3.47. The molecule has 0 aliphatic heterocycles. The Labute approximate surface area is 132 Å². The summed E-state index contributed by atoms with van der Waals surface area (Å²) in [5.41, 5.74) is 3.98. The van der Waals surface area contributed by atoms with Crippen LogP contribution in [0.2, 0.25) is 0 Å². The maximum Gasteiger partial charge on any atom is 0.126 e. The van der Waals surface area contributed by atoms with Gasteiger partial charge in [-0.05, 0) is 30.8 Å². The highest BCUT2D eigenvalue weighted by molar-refractivity contribution is 7.00. The predicted molar refractivity (Wildman–Crippen MR) is 85.5 cm³/mol. The lowest BCUT2D eigenvalue weighted by Gasteiger charge is -2.18. The molecule has 0 saturated carbocycles. The van der Waals surface area contributed by atoms with Crippen molar-refractivity contribution in [3.8, 4) is 5.75 Å². The summed E-state index contributed by atoms with van der Waals surface area (Å²) in [4.78, 5) is 2.15. The van der Waals surface area contributed by atoms with E-state index in [4.69, 9.17) is 4.74 Å². The van der Waals surface area contributed by atoms with E-state index in [-0.39, 0.29) is 5.82 Å². The molecule has 1 aromatic heterocycles. The molecule has 3 rings (SSSR count). The number of hydrogen-bond acceptors (Lipinski definition) is 5. The Kier molecular flexibility index (Phi) is 4.31. The summed E-state index contributed by atoms with van der Waals surface area (Å²) in [6.45, 7) is 1.45. The average molecular weight is 317 g/mol. The average Bonchev–Trinajstić information content (AvgIpc) is 2.96. The Bertz CT molecular complexity index is 790. The molecule has 0 atom stereocenters. The molecular formula is C16H16FN3OS. The quantitative estimate of drug-likeness (QED) is 0.722. The van der Waals surface area contributed by atoms with Gasteiger partial charge < -0.3 is 4.74 Å². The summed E-state index contributed by atoms with van der Waals surface area (Å²) in [5.74, 6) is 0.288. The Morgan fingerprint density at radius 3 is 2.73 bits per heavy atom. The number of benzene rings is 2. The van der Waals surface area contributed by atoms with Crippen LogP contribution in [-0.4, -0.2) is 27.8 Å². The molecule has 2 aromatic carbocycles. The molecule has 0 radical (unpaired) electrons. The van der Waals surface area contributed by atoms with Crippen molar-refractivity contribution in [3.05, 3.63) is 53.3 Å². The minimum atomic E-state index is -0.287. The molecule has 0 aliphatic carbocycles. The van der Waals surface area contributed by atoms with Gasteiger partial charge in [0.1, 0.15) is 22.6 Å². The van der Waals surface area contributed by atoms with Crippen molar-refractivity contribution in [1.82, 2.24) is 13.6 Å². The summed E-state index contributed by atoms with van der Waals surface area (Å²) in [6.07, 6.45) is 0. The first-order chi connectivity index (χ1) is 10.7. The fourth-order valence-corrected chi connectivity index (χ4v) is 2.95. The van der Waals surface area contributed by atoms with Crippen LogP contribution >= 0.6 is 11.7 Å². The van der Waals surface area contributed by atoms with Crippen LogP contribution in [0, 0.1) is 5.82 Å². The summed E-state index contributed by atoms with van der Waals surface area (Å²) in [6, 6.07) is 10.7. The van der Waals surface area contributed by atoms with Crippen molar-refractivity contribution in [1.29, 1.82) is 0 Å². The third-order valence-electron chi connectivity index (χ3n) is 3.46. The summed E-state index contributed by atoms with van der Waals surface area (Å²) >= 11 is 1.22. The highest BCUT2D eigenvalue weighted by Gasteiger charge is 2.09. The minimum Gasteiger partial charge on any atom is -0.496 e. The van der Waals surface area contributed by atoms with Crippen molar-refractivity contribution < 1.29 is 9.13 Å². The normalized spacial score (nSPS) is 11.3. The molecule has 0 spiro atoms. The summed E-state index contributed by atoms with van der Waals surface area (Å²) in [7, 11) is 3.58. The van der Waals surface area contributed by atoms with Crippen LogP contribution in [0.25, 0.3) is 11.0 Å². The first kappa shape index (κ1) is 14.9. The van der Waals surface area contributed by atoms with Crippen LogP contribution in [-0.2, 0) is 13.1 Å². The van der Waals surface area contributed by atoms with E-state index in [2.05, 4.69) is 25.8 Å². The zero-order chi connectivity index (χ0) is 15.5. The minimum absolute atomic E-state index is 0.287. The number of aromatic nitrogens is 2. The second-order valence-corrected chi connectivity index (χ2v) is 5.74. The number of rotatable bonds is 5. The van der Waals surface area contributed by atoms with Gasteiger partial charge in [-0.15, -0.1) is 0 Å². The molecule has 6 heteroatoms. The third kappa shape index (κ3) is 3.23. The van der Waals surface area contributed by atoms with Gasteiger partial charge in [0.15, 0.2) is 0 Å². The Morgan fingerprint density at radius 2 is 1.91 bits per heavy atom. The molecule has 3 aromatic rings. The van der Waals surface area contributed by atoms with Gasteiger partial charge in [0.05, 0.1) is 18.8 Å². The van der Waals surface area contributed by atoms with Gasteiger partial charge in [-0.1, -0.05) is 12.1 Å². The molecule has 114 valence electrons. The Balaban J connectivity index is 1.73. The van der Waals surface area contributed by atoms with Gasteiger partial charge in [0.25, 0.3) is 0 Å². The van der Waals surface area contributed by atoms with Crippen LogP contribution in [0.15, 0.2) is 36.4 Å². The van der Waals surface area contributed by atoms with Crippen molar-refractivity contribution >= 4 is 22.8 Å². The first-order valence-corrected chi connectivity index (χ1v) is 7.61. The number of fused-ring (bicyclic) bond motifs is 1. The van der Waals surface area contributed by atoms with E-state index in [0.717, 1.165) is 23.1 Å². The highest BCUT2D eigenvalue weighted by atomic mass is 32.1. The van der Waals surface area contributed by atoms with E-state index in [9.17, 15) is 4.39 Å². The molecule has 1 heterocycles. The molecule has 0 saturated heterocycles. The number of nitrogens with zero attached hydrogens (tertiary/aromatic N) is 3. The number of ether oxygens (including phenoxy) is 1. The monoisotopic (exact) mass is 317 g/mol. The van der Waals surface area contributed by atoms with E-state index in [0.29, 0.717) is 12.3 Å². The zero-order valence-electron chi connectivity index (χ0n) is 12.4. The van der Waals surface area contributed by atoms with Crippen LogP contribution in [0.1, 0.15) is 11.1 Å². The van der Waals surface area contributed by atoms with E-state index in [1.165, 1.54) is 29.4 Å². The zero-order valence-corrected chi connectivity index (χ0v) is 13.2. The highest BCUT2D eigenvalue weighted by Crippen LogP contribution is 2.22. The fraction of sp³-hybridized carbons (Fsp3) is 0.250. The van der Waals surface area contributed by atoms with Gasteiger partial charge in [-0.2, -0.15) is 8.75 Å². The van der Waals surface area contributed by atoms with Gasteiger partial charge in [0, 0.05) is 24.7 Å². The van der Waals surface area contributed by atoms with Crippen LogP contribution in [0.4, 0.5) is 4.39 Å².